The highest BCUT2D eigenvalue weighted by atomic mass is 32.2. The molecule has 2 heterocycles. The van der Waals surface area contributed by atoms with E-state index in [4.69, 9.17) is 14.2 Å². The van der Waals surface area contributed by atoms with Crippen LogP contribution in [0, 0.1) is 5.92 Å². The van der Waals surface area contributed by atoms with Crippen LogP contribution in [-0.2, 0) is 19.6 Å². The van der Waals surface area contributed by atoms with Crippen LogP contribution >= 0.6 is 0 Å². The van der Waals surface area contributed by atoms with Gasteiger partial charge in [-0.3, -0.25) is 9.59 Å². The minimum Gasteiger partial charge on any atom is -0.457 e. The zero-order valence-corrected chi connectivity index (χ0v) is 14.6. The minimum atomic E-state index is -3.24. The number of ether oxygens (including phenoxy) is 3. The third-order valence-corrected chi connectivity index (χ3v) is 5.60. The molecule has 0 amide bonds. The zero-order chi connectivity index (χ0) is 18.0. The molecule has 0 saturated carbocycles. The van der Waals surface area contributed by atoms with Crippen molar-refractivity contribution in [2.45, 2.75) is 12.8 Å². The van der Waals surface area contributed by atoms with E-state index in [0.29, 0.717) is 29.9 Å². The standard InChI is InChI=1S/C16H19NO7S/c1-25(20,21)17-6-4-11(5-7-17)16(19)22-9-13(18)12-2-3-14-15(8-12)24-10-23-14/h2-3,8,11H,4-7,9-10H2,1H3. The number of piperidine rings is 1. The molecule has 0 unspecified atom stereocenters. The molecular weight excluding hydrogens is 350 g/mol. The van der Waals surface area contributed by atoms with E-state index in [1.807, 2.05) is 0 Å². The Kier molecular flexibility index (Phi) is 4.96. The molecule has 0 radical (unpaired) electrons. The molecule has 8 nitrogen and oxygen atoms in total. The van der Waals surface area contributed by atoms with Crippen molar-refractivity contribution in [2.24, 2.45) is 5.92 Å². The highest BCUT2D eigenvalue weighted by Gasteiger charge is 2.30. The summed E-state index contributed by atoms with van der Waals surface area (Å²) in [5.41, 5.74) is 0.379. The minimum absolute atomic E-state index is 0.119. The van der Waals surface area contributed by atoms with E-state index in [2.05, 4.69) is 0 Å². The average molecular weight is 369 g/mol. The van der Waals surface area contributed by atoms with Gasteiger partial charge in [-0.2, -0.15) is 0 Å². The fraction of sp³-hybridized carbons (Fsp3) is 0.500. The lowest BCUT2D eigenvalue weighted by Gasteiger charge is -2.28. The Morgan fingerprint density at radius 2 is 1.88 bits per heavy atom. The SMILES string of the molecule is CS(=O)(=O)N1CCC(C(=O)OCC(=O)c2ccc3c(c2)OCO3)CC1. The molecular formula is C16H19NO7S. The van der Waals surface area contributed by atoms with Gasteiger partial charge in [0, 0.05) is 18.7 Å². The number of esters is 1. The largest absolute Gasteiger partial charge is 0.457 e. The first kappa shape index (κ1) is 17.7. The van der Waals surface area contributed by atoms with Crippen molar-refractivity contribution < 1.29 is 32.2 Å². The fourth-order valence-corrected chi connectivity index (χ4v) is 3.71. The Balaban J connectivity index is 1.50. The number of sulfonamides is 1. The molecule has 0 aliphatic carbocycles. The molecule has 0 spiro atoms. The first-order chi connectivity index (χ1) is 11.8. The molecule has 9 heteroatoms. The Morgan fingerprint density at radius 3 is 2.56 bits per heavy atom. The molecule has 0 N–H and O–H groups in total. The van der Waals surface area contributed by atoms with E-state index in [-0.39, 0.29) is 38.2 Å². The van der Waals surface area contributed by atoms with Gasteiger partial charge in [0.25, 0.3) is 0 Å². The van der Waals surface area contributed by atoms with Crippen LogP contribution in [-0.4, -0.2) is 57.2 Å². The lowest BCUT2D eigenvalue weighted by molar-refractivity contribution is -0.148. The number of rotatable bonds is 5. The summed E-state index contributed by atoms with van der Waals surface area (Å²) in [6, 6.07) is 4.79. The quantitative estimate of drug-likeness (QED) is 0.559. The molecule has 0 bridgehead atoms. The summed E-state index contributed by atoms with van der Waals surface area (Å²) < 4.78 is 39.8. The maximum absolute atomic E-state index is 12.2. The highest BCUT2D eigenvalue weighted by Crippen LogP contribution is 2.32. The van der Waals surface area contributed by atoms with Gasteiger partial charge >= 0.3 is 5.97 Å². The highest BCUT2D eigenvalue weighted by molar-refractivity contribution is 7.88. The van der Waals surface area contributed by atoms with Gasteiger partial charge in [0.15, 0.2) is 23.9 Å². The predicted molar refractivity (Wildman–Crippen MR) is 87.0 cm³/mol. The van der Waals surface area contributed by atoms with E-state index in [1.54, 1.807) is 18.2 Å². The Hall–Kier alpha value is -2.13. The molecule has 136 valence electrons. The second-order valence-electron chi connectivity index (χ2n) is 6.04. The van der Waals surface area contributed by atoms with Crippen LogP contribution in [0.5, 0.6) is 11.5 Å². The van der Waals surface area contributed by atoms with Gasteiger partial charge in [-0.05, 0) is 31.0 Å². The third kappa shape index (κ3) is 4.10. The summed E-state index contributed by atoms with van der Waals surface area (Å²) in [5, 5.41) is 0. The molecule has 1 aromatic carbocycles. The van der Waals surface area contributed by atoms with Gasteiger partial charge in [-0.15, -0.1) is 0 Å². The summed E-state index contributed by atoms with van der Waals surface area (Å²) in [7, 11) is -3.24. The van der Waals surface area contributed by atoms with Crippen molar-refractivity contribution in [3.63, 3.8) is 0 Å². The van der Waals surface area contributed by atoms with E-state index in [0.717, 1.165) is 6.26 Å². The van der Waals surface area contributed by atoms with E-state index >= 15 is 0 Å². The normalized spacial score (nSPS) is 18.1. The van der Waals surface area contributed by atoms with Gasteiger partial charge in [-0.1, -0.05) is 0 Å². The summed E-state index contributed by atoms with van der Waals surface area (Å²) in [4.78, 5) is 24.2. The van der Waals surface area contributed by atoms with Gasteiger partial charge in [-0.25, -0.2) is 12.7 Å². The Bertz CT molecular complexity index is 782. The topological polar surface area (TPSA) is 99.2 Å². The Morgan fingerprint density at radius 1 is 1.20 bits per heavy atom. The number of fused-ring (bicyclic) bond motifs is 1. The number of carbonyl (C=O) groups is 2. The van der Waals surface area contributed by atoms with Crippen molar-refractivity contribution in [1.82, 2.24) is 4.31 Å². The molecule has 1 fully saturated rings. The lowest BCUT2D eigenvalue weighted by atomic mass is 9.98. The second kappa shape index (κ2) is 7.01. The van der Waals surface area contributed by atoms with Crippen molar-refractivity contribution in [2.75, 3.05) is 32.7 Å². The van der Waals surface area contributed by atoms with Crippen molar-refractivity contribution in [3.8, 4) is 11.5 Å². The maximum atomic E-state index is 12.2. The number of carbonyl (C=O) groups excluding carboxylic acids is 2. The number of ketones is 1. The smallest absolute Gasteiger partial charge is 0.309 e. The van der Waals surface area contributed by atoms with Crippen LogP contribution in [0.15, 0.2) is 18.2 Å². The molecule has 0 atom stereocenters. The van der Waals surface area contributed by atoms with E-state index in [1.165, 1.54) is 4.31 Å². The predicted octanol–water partition coefficient (Wildman–Crippen LogP) is 0.813. The number of benzene rings is 1. The van der Waals surface area contributed by atoms with Crippen LogP contribution in [0.2, 0.25) is 0 Å². The molecule has 2 aliphatic heterocycles. The molecule has 3 rings (SSSR count). The number of hydrogen-bond acceptors (Lipinski definition) is 7. The first-order valence-corrected chi connectivity index (χ1v) is 9.74. The molecule has 2 aliphatic rings. The maximum Gasteiger partial charge on any atom is 0.309 e. The van der Waals surface area contributed by atoms with E-state index < -0.39 is 16.0 Å². The van der Waals surface area contributed by atoms with Gasteiger partial charge in [0.1, 0.15) is 0 Å². The molecule has 1 aromatic rings. The Labute approximate surface area is 145 Å². The van der Waals surface area contributed by atoms with Gasteiger partial charge in [0.2, 0.25) is 16.8 Å². The number of Topliss-reactive ketones (excluding diaryl/α,β-unsaturated/α-hetero) is 1. The van der Waals surface area contributed by atoms with Crippen molar-refractivity contribution in [1.29, 1.82) is 0 Å². The van der Waals surface area contributed by atoms with Crippen LogP contribution in [0.3, 0.4) is 0 Å². The average Bonchev–Trinajstić information content (AvgIpc) is 3.06. The van der Waals surface area contributed by atoms with Crippen LogP contribution in [0.4, 0.5) is 0 Å². The number of hydrogen-bond donors (Lipinski definition) is 0. The van der Waals surface area contributed by atoms with Crippen LogP contribution < -0.4 is 9.47 Å². The van der Waals surface area contributed by atoms with E-state index in [9.17, 15) is 18.0 Å². The van der Waals surface area contributed by atoms with Crippen LogP contribution in [0.1, 0.15) is 23.2 Å². The third-order valence-electron chi connectivity index (χ3n) is 4.30. The zero-order valence-electron chi connectivity index (χ0n) is 13.8. The first-order valence-electron chi connectivity index (χ1n) is 7.89. The summed E-state index contributed by atoms with van der Waals surface area (Å²) >= 11 is 0. The molecule has 1 saturated heterocycles. The van der Waals surface area contributed by atoms with Gasteiger partial charge < -0.3 is 14.2 Å². The second-order valence-corrected chi connectivity index (χ2v) is 8.02. The van der Waals surface area contributed by atoms with Crippen molar-refractivity contribution >= 4 is 21.8 Å². The van der Waals surface area contributed by atoms with Crippen molar-refractivity contribution in [3.05, 3.63) is 23.8 Å². The lowest BCUT2D eigenvalue weighted by Crippen LogP contribution is -2.40. The van der Waals surface area contributed by atoms with Crippen LogP contribution in [0.25, 0.3) is 0 Å². The summed E-state index contributed by atoms with van der Waals surface area (Å²) in [6.45, 7) is 0.336. The monoisotopic (exact) mass is 369 g/mol. The summed E-state index contributed by atoms with van der Waals surface area (Å²) in [6.07, 6.45) is 1.93. The fourth-order valence-electron chi connectivity index (χ4n) is 2.83. The number of nitrogens with zero attached hydrogens (tertiary/aromatic N) is 1. The summed E-state index contributed by atoms with van der Waals surface area (Å²) in [5.74, 6) is -0.124. The molecule has 0 aromatic heterocycles. The molecule has 25 heavy (non-hydrogen) atoms. The van der Waals surface area contributed by atoms with Gasteiger partial charge in [0.05, 0.1) is 12.2 Å².